The lowest BCUT2D eigenvalue weighted by atomic mass is 10.0. The van der Waals surface area contributed by atoms with Gasteiger partial charge in [0, 0.05) is 12.8 Å². The Morgan fingerprint density at radius 3 is 2.50 bits per heavy atom. The summed E-state index contributed by atoms with van der Waals surface area (Å²) in [5.41, 5.74) is 1.57. The fourth-order valence-corrected chi connectivity index (χ4v) is 1.46. The number of aryl methyl sites for hydroxylation is 1. The third-order valence-corrected chi connectivity index (χ3v) is 2.36. The Morgan fingerprint density at radius 2 is 1.94 bits per heavy atom. The van der Waals surface area contributed by atoms with Gasteiger partial charge in [-0.25, -0.2) is 0 Å². The topological polar surface area (TPSA) is 43.4 Å². The van der Waals surface area contributed by atoms with Crippen LogP contribution in [0, 0.1) is 6.92 Å². The van der Waals surface area contributed by atoms with Crippen LogP contribution < -0.4 is 4.74 Å². The van der Waals surface area contributed by atoms with E-state index in [1.807, 2.05) is 13.0 Å². The number of Topliss-reactive ketones (excluding diaryl/α,β-unsaturated/α-hetero) is 2. The van der Waals surface area contributed by atoms with Crippen LogP contribution >= 0.6 is 0 Å². The molecular weight excluding hydrogens is 204 g/mol. The number of ketones is 2. The van der Waals surface area contributed by atoms with Gasteiger partial charge in [-0.15, -0.1) is 0 Å². The minimum absolute atomic E-state index is 0.0277. The molecule has 16 heavy (non-hydrogen) atoms. The van der Waals surface area contributed by atoms with Crippen molar-refractivity contribution in [2.45, 2.75) is 26.7 Å². The first-order chi connectivity index (χ1) is 7.54. The van der Waals surface area contributed by atoms with Crippen molar-refractivity contribution in [1.29, 1.82) is 0 Å². The maximum atomic E-state index is 11.8. The van der Waals surface area contributed by atoms with Crippen LogP contribution in [0.15, 0.2) is 18.2 Å². The molecule has 0 heterocycles. The molecular formula is C13H16O3. The average Bonchev–Trinajstić information content (AvgIpc) is 2.25. The van der Waals surface area contributed by atoms with Gasteiger partial charge >= 0.3 is 0 Å². The van der Waals surface area contributed by atoms with E-state index in [2.05, 4.69) is 0 Å². The van der Waals surface area contributed by atoms with E-state index in [-0.39, 0.29) is 24.4 Å². The molecule has 0 N–H and O–H groups in total. The number of methoxy groups -OCH3 is 1. The maximum absolute atomic E-state index is 11.8. The molecule has 0 radical (unpaired) electrons. The normalized spacial score (nSPS) is 9.94. The summed E-state index contributed by atoms with van der Waals surface area (Å²) in [5, 5.41) is 0. The van der Waals surface area contributed by atoms with Crippen molar-refractivity contribution < 1.29 is 14.3 Å². The Kier molecular flexibility index (Phi) is 4.23. The third kappa shape index (κ3) is 3.19. The molecule has 0 atom stereocenters. The lowest BCUT2D eigenvalue weighted by molar-refractivity contribution is -0.116. The van der Waals surface area contributed by atoms with Gasteiger partial charge < -0.3 is 9.53 Å². The highest BCUT2D eigenvalue weighted by Gasteiger charge is 2.12. The maximum Gasteiger partial charge on any atom is 0.167 e. The summed E-state index contributed by atoms with van der Waals surface area (Å²) < 4.78 is 5.12. The Labute approximate surface area is 95.4 Å². The Balaban J connectivity index is 2.88. The summed E-state index contributed by atoms with van der Waals surface area (Å²) in [6, 6.07) is 5.46. The molecule has 0 spiro atoms. The zero-order valence-electron chi connectivity index (χ0n) is 9.87. The number of hydrogen-bond donors (Lipinski definition) is 0. The molecule has 0 aliphatic heterocycles. The first kappa shape index (κ1) is 12.4. The van der Waals surface area contributed by atoms with Gasteiger partial charge in [-0.2, -0.15) is 0 Å². The van der Waals surface area contributed by atoms with Gasteiger partial charge in [-0.3, -0.25) is 4.79 Å². The summed E-state index contributed by atoms with van der Waals surface area (Å²) in [4.78, 5) is 22.7. The van der Waals surface area contributed by atoms with Crippen molar-refractivity contribution in [2.24, 2.45) is 0 Å². The number of carbonyl (C=O) groups is 2. The number of benzene rings is 1. The molecule has 0 aromatic heterocycles. The standard InChI is InChI=1S/C13H16O3/c1-9-4-7-13(16-3)11(8-9)12(15)6-5-10(2)14/h4,7-8H,5-6H2,1-3H3. The second-order valence-corrected chi connectivity index (χ2v) is 3.83. The minimum Gasteiger partial charge on any atom is -0.496 e. The van der Waals surface area contributed by atoms with Crippen LogP contribution in [-0.2, 0) is 4.79 Å². The van der Waals surface area contributed by atoms with Crippen LogP contribution in [0.3, 0.4) is 0 Å². The van der Waals surface area contributed by atoms with Crippen molar-refractivity contribution in [1.82, 2.24) is 0 Å². The van der Waals surface area contributed by atoms with E-state index in [4.69, 9.17) is 4.74 Å². The average molecular weight is 220 g/mol. The molecule has 86 valence electrons. The summed E-state index contributed by atoms with van der Waals surface area (Å²) in [7, 11) is 1.53. The molecule has 3 nitrogen and oxygen atoms in total. The van der Waals surface area contributed by atoms with Crippen LogP contribution in [0.1, 0.15) is 35.7 Å². The molecule has 1 aromatic rings. The van der Waals surface area contributed by atoms with Gasteiger partial charge in [-0.1, -0.05) is 11.6 Å². The molecule has 0 unspecified atom stereocenters. The molecule has 1 rings (SSSR count). The Hall–Kier alpha value is -1.64. The molecule has 0 aliphatic rings. The molecule has 1 aromatic carbocycles. The molecule has 3 heteroatoms. The highest BCUT2D eigenvalue weighted by atomic mass is 16.5. The SMILES string of the molecule is COc1ccc(C)cc1C(=O)CCC(C)=O. The van der Waals surface area contributed by atoms with E-state index in [0.29, 0.717) is 11.3 Å². The summed E-state index contributed by atoms with van der Waals surface area (Å²) in [5.74, 6) is 0.551. The predicted molar refractivity (Wildman–Crippen MR) is 62.0 cm³/mol. The van der Waals surface area contributed by atoms with Crippen LogP contribution in [-0.4, -0.2) is 18.7 Å². The molecule has 0 saturated heterocycles. The van der Waals surface area contributed by atoms with Crippen LogP contribution in [0.2, 0.25) is 0 Å². The minimum atomic E-state index is -0.0456. The van der Waals surface area contributed by atoms with Crippen molar-refractivity contribution in [2.75, 3.05) is 7.11 Å². The summed E-state index contributed by atoms with van der Waals surface area (Å²) in [6.07, 6.45) is 0.533. The van der Waals surface area contributed by atoms with Crippen molar-refractivity contribution >= 4 is 11.6 Å². The Bertz CT molecular complexity index is 408. The lowest BCUT2D eigenvalue weighted by Crippen LogP contribution is -2.04. The van der Waals surface area contributed by atoms with Crippen molar-refractivity contribution in [3.8, 4) is 5.75 Å². The number of ether oxygens (including phenoxy) is 1. The van der Waals surface area contributed by atoms with Crippen LogP contribution in [0.4, 0.5) is 0 Å². The van der Waals surface area contributed by atoms with E-state index in [0.717, 1.165) is 5.56 Å². The predicted octanol–water partition coefficient (Wildman–Crippen LogP) is 2.56. The quantitative estimate of drug-likeness (QED) is 0.716. The fraction of sp³-hybridized carbons (Fsp3) is 0.385. The van der Waals surface area contributed by atoms with E-state index in [1.54, 1.807) is 12.1 Å². The van der Waals surface area contributed by atoms with Crippen LogP contribution in [0.25, 0.3) is 0 Å². The fourth-order valence-electron chi connectivity index (χ4n) is 1.46. The van der Waals surface area contributed by atoms with Gasteiger partial charge in [-0.05, 0) is 26.0 Å². The largest absolute Gasteiger partial charge is 0.496 e. The highest BCUT2D eigenvalue weighted by Crippen LogP contribution is 2.21. The molecule has 0 fully saturated rings. The smallest absolute Gasteiger partial charge is 0.167 e. The van der Waals surface area contributed by atoms with Crippen molar-refractivity contribution in [3.05, 3.63) is 29.3 Å². The van der Waals surface area contributed by atoms with Gasteiger partial charge in [0.2, 0.25) is 0 Å². The number of carbonyl (C=O) groups excluding carboxylic acids is 2. The molecule has 0 amide bonds. The van der Waals surface area contributed by atoms with E-state index in [1.165, 1.54) is 14.0 Å². The second-order valence-electron chi connectivity index (χ2n) is 3.83. The highest BCUT2D eigenvalue weighted by molar-refractivity contribution is 6.00. The van der Waals surface area contributed by atoms with Crippen molar-refractivity contribution in [3.63, 3.8) is 0 Å². The van der Waals surface area contributed by atoms with Gasteiger partial charge in [0.15, 0.2) is 5.78 Å². The van der Waals surface area contributed by atoms with E-state index < -0.39 is 0 Å². The monoisotopic (exact) mass is 220 g/mol. The van der Waals surface area contributed by atoms with E-state index in [9.17, 15) is 9.59 Å². The molecule has 0 bridgehead atoms. The summed E-state index contributed by atoms with van der Waals surface area (Å²) >= 11 is 0. The second kappa shape index (κ2) is 5.45. The zero-order chi connectivity index (χ0) is 12.1. The Morgan fingerprint density at radius 1 is 1.25 bits per heavy atom. The summed E-state index contributed by atoms with van der Waals surface area (Å²) in [6.45, 7) is 3.40. The molecule has 0 saturated carbocycles. The van der Waals surface area contributed by atoms with Gasteiger partial charge in [0.05, 0.1) is 12.7 Å². The van der Waals surface area contributed by atoms with Crippen LogP contribution in [0.5, 0.6) is 5.75 Å². The zero-order valence-corrected chi connectivity index (χ0v) is 9.87. The first-order valence-corrected chi connectivity index (χ1v) is 5.22. The number of rotatable bonds is 5. The van der Waals surface area contributed by atoms with Gasteiger partial charge in [0.25, 0.3) is 0 Å². The first-order valence-electron chi connectivity index (χ1n) is 5.22. The third-order valence-electron chi connectivity index (χ3n) is 2.36. The molecule has 0 aliphatic carbocycles. The van der Waals surface area contributed by atoms with E-state index >= 15 is 0 Å². The van der Waals surface area contributed by atoms with Gasteiger partial charge in [0.1, 0.15) is 11.5 Å². The number of hydrogen-bond acceptors (Lipinski definition) is 3. The lowest BCUT2D eigenvalue weighted by Gasteiger charge is -2.07.